The molecule has 11 heteroatoms. The largest absolute Gasteiger partial charge is 0.478 e. The van der Waals surface area contributed by atoms with Gasteiger partial charge in [0, 0.05) is 35.0 Å². The van der Waals surface area contributed by atoms with Crippen molar-refractivity contribution in [3.63, 3.8) is 0 Å². The molecule has 2 aromatic carbocycles. The number of alkyl halides is 3. The van der Waals surface area contributed by atoms with Crippen LogP contribution in [0.1, 0.15) is 61.6 Å². The molecule has 2 heterocycles. The van der Waals surface area contributed by atoms with Gasteiger partial charge in [-0.2, -0.15) is 13.2 Å². The zero-order chi connectivity index (χ0) is 30.4. The number of piperidine rings is 1. The number of hydrogen-bond donors (Lipinski definition) is 3. The number of aliphatic hydroxyl groups is 1. The summed E-state index contributed by atoms with van der Waals surface area (Å²) < 4.78 is 54.5. The van der Waals surface area contributed by atoms with E-state index in [1.54, 1.807) is 6.07 Å². The molecule has 2 aromatic rings. The van der Waals surface area contributed by atoms with E-state index < -0.39 is 23.7 Å². The monoisotopic (exact) mass is 607 g/mol. The highest BCUT2D eigenvalue weighted by molar-refractivity contribution is 7.99. The molecule has 6 nitrogen and oxygen atoms in total. The van der Waals surface area contributed by atoms with Crippen LogP contribution in [0.5, 0.6) is 0 Å². The first-order valence-electron chi connectivity index (χ1n) is 13.9. The number of likely N-dealkylation sites (tertiary alicyclic amines) is 1. The lowest BCUT2D eigenvalue weighted by molar-refractivity contribution is -0.137. The number of carbonyl (C=O) groups is 2. The van der Waals surface area contributed by atoms with Gasteiger partial charge in [0.25, 0.3) is 0 Å². The number of halogens is 4. The van der Waals surface area contributed by atoms with Crippen molar-refractivity contribution in [3.05, 3.63) is 76.6 Å². The molecule has 0 radical (unpaired) electrons. The second kappa shape index (κ2) is 13.9. The summed E-state index contributed by atoms with van der Waals surface area (Å²) in [5, 5.41) is 25.3. The summed E-state index contributed by atoms with van der Waals surface area (Å²) in [5.41, 5.74) is 2.82. The second-order valence-electron chi connectivity index (χ2n) is 10.7. The SMILES string of the molecule is O=C(O)C=CC(=O)O.OC1CCC(CCN2CCC(=C3c4ccc(F)cc4Sc4ccc(C(F)(F)F)cc43)CC2)CC1. The molecule has 2 fully saturated rings. The molecule has 1 aliphatic carbocycles. The molecule has 1 saturated heterocycles. The molecular weight excluding hydrogens is 574 g/mol. The lowest BCUT2D eigenvalue weighted by atomic mass is 9.85. The molecule has 3 aliphatic rings. The van der Waals surface area contributed by atoms with Crippen LogP contribution in [-0.4, -0.2) is 57.9 Å². The molecule has 0 atom stereocenters. The maximum absolute atomic E-state index is 14.0. The van der Waals surface area contributed by atoms with Crippen molar-refractivity contribution < 1.29 is 42.5 Å². The van der Waals surface area contributed by atoms with Crippen LogP contribution in [0.25, 0.3) is 5.57 Å². The fraction of sp³-hybridized carbons (Fsp3) is 0.419. The van der Waals surface area contributed by atoms with Crippen molar-refractivity contribution in [3.8, 4) is 0 Å². The fourth-order valence-corrected chi connectivity index (χ4v) is 6.76. The van der Waals surface area contributed by atoms with Gasteiger partial charge in [0.1, 0.15) is 5.82 Å². The minimum absolute atomic E-state index is 0.133. The Morgan fingerprint density at radius 1 is 0.905 bits per heavy atom. The van der Waals surface area contributed by atoms with Crippen LogP contribution in [0.3, 0.4) is 0 Å². The molecule has 0 amide bonds. The second-order valence-corrected chi connectivity index (χ2v) is 11.8. The van der Waals surface area contributed by atoms with Gasteiger partial charge in [-0.15, -0.1) is 0 Å². The van der Waals surface area contributed by atoms with Gasteiger partial charge in [-0.05, 0) is 104 Å². The summed E-state index contributed by atoms with van der Waals surface area (Å²) in [6.07, 6.45) is 3.30. The molecule has 3 N–H and O–H groups in total. The van der Waals surface area contributed by atoms with Gasteiger partial charge >= 0.3 is 18.1 Å². The van der Waals surface area contributed by atoms with Crippen molar-refractivity contribution in [2.45, 2.75) is 67.0 Å². The zero-order valence-corrected chi connectivity index (χ0v) is 23.7. The van der Waals surface area contributed by atoms with E-state index >= 15 is 0 Å². The summed E-state index contributed by atoms with van der Waals surface area (Å²) in [5.74, 6) is -2.18. The van der Waals surface area contributed by atoms with Crippen molar-refractivity contribution in [2.75, 3.05) is 19.6 Å². The molecule has 0 unspecified atom stereocenters. The molecule has 2 aliphatic heterocycles. The van der Waals surface area contributed by atoms with Crippen molar-refractivity contribution in [1.82, 2.24) is 4.90 Å². The predicted octanol–water partition coefficient (Wildman–Crippen LogP) is 6.86. The van der Waals surface area contributed by atoms with Crippen molar-refractivity contribution >= 4 is 29.3 Å². The highest BCUT2D eigenvalue weighted by Gasteiger charge is 2.34. The molecule has 0 aromatic heterocycles. The summed E-state index contributed by atoms with van der Waals surface area (Å²) >= 11 is 1.34. The maximum atomic E-state index is 14.0. The van der Waals surface area contributed by atoms with Gasteiger partial charge in [-0.3, -0.25) is 0 Å². The molecule has 5 rings (SSSR count). The number of aliphatic hydroxyl groups excluding tert-OH is 1. The zero-order valence-electron chi connectivity index (χ0n) is 22.9. The van der Waals surface area contributed by atoms with E-state index in [0.29, 0.717) is 23.6 Å². The third-order valence-corrected chi connectivity index (χ3v) is 8.99. The van der Waals surface area contributed by atoms with Gasteiger partial charge in [0.2, 0.25) is 0 Å². The highest BCUT2D eigenvalue weighted by Crippen LogP contribution is 2.49. The number of nitrogens with zero attached hydrogens (tertiary/aromatic N) is 1. The Hall–Kier alpha value is -3.15. The van der Waals surface area contributed by atoms with E-state index in [9.17, 15) is 32.3 Å². The number of benzene rings is 2. The molecule has 1 saturated carbocycles. The lowest BCUT2D eigenvalue weighted by Crippen LogP contribution is -2.33. The van der Waals surface area contributed by atoms with Gasteiger partial charge in [-0.25, -0.2) is 14.0 Å². The van der Waals surface area contributed by atoms with Gasteiger partial charge in [0.05, 0.1) is 11.7 Å². The lowest BCUT2D eigenvalue weighted by Gasteiger charge is -2.33. The van der Waals surface area contributed by atoms with Crippen LogP contribution >= 0.6 is 11.8 Å². The summed E-state index contributed by atoms with van der Waals surface area (Å²) in [6.45, 7) is 2.79. The number of aliphatic carboxylic acids is 2. The van der Waals surface area contributed by atoms with E-state index in [1.165, 1.54) is 36.0 Å². The smallest absolute Gasteiger partial charge is 0.416 e. The first kappa shape index (κ1) is 31.8. The molecule has 0 spiro atoms. The van der Waals surface area contributed by atoms with E-state index in [4.69, 9.17) is 10.2 Å². The summed E-state index contributed by atoms with van der Waals surface area (Å²) in [4.78, 5) is 23.1. The number of fused-ring (bicyclic) bond motifs is 2. The van der Waals surface area contributed by atoms with Gasteiger partial charge in [0.15, 0.2) is 0 Å². The van der Waals surface area contributed by atoms with Crippen molar-refractivity contribution in [2.24, 2.45) is 5.92 Å². The maximum Gasteiger partial charge on any atom is 0.416 e. The highest BCUT2D eigenvalue weighted by atomic mass is 32.2. The Bertz CT molecular complexity index is 1340. The Morgan fingerprint density at radius 2 is 1.55 bits per heavy atom. The van der Waals surface area contributed by atoms with Crippen LogP contribution in [0.4, 0.5) is 17.6 Å². The fourth-order valence-electron chi connectivity index (χ4n) is 5.66. The predicted molar refractivity (Wildman–Crippen MR) is 151 cm³/mol. The van der Waals surface area contributed by atoms with E-state index in [0.717, 1.165) is 97.1 Å². The number of carboxylic acid groups (broad SMARTS) is 2. The minimum atomic E-state index is -4.41. The Labute approximate surface area is 245 Å². The Morgan fingerprint density at radius 3 is 2.14 bits per heavy atom. The van der Waals surface area contributed by atoms with Crippen LogP contribution < -0.4 is 0 Å². The summed E-state index contributed by atoms with van der Waals surface area (Å²) in [6, 6.07) is 8.50. The molecule has 0 bridgehead atoms. The topological polar surface area (TPSA) is 98.1 Å². The standard InChI is InChI=1S/C27H29F4NOS.C4H4O4/c28-20-4-7-22-25(16-20)34-24-8-3-19(27(29,30)31)15-23(24)26(22)18-10-13-32(14-11-18)12-9-17-1-5-21(33)6-2-17;5-3(6)1-2-4(7)8/h3-4,7-8,15-17,21,33H,1-2,5-6,9-14H2;1-2H,(H,5,6)(H,7,8). The molecular formula is C31H33F4NO5S. The quantitative estimate of drug-likeness (QED) is 0.215. The van der Waals surface area contributed by atoms with E-state index in [-0.39, 0.29) is 11.9 Å². The van der Waals surface area contributed by atoms with Crippen LogP contribution in [0, 0.1) is 11.7 Å². The third kappa shape index (κ3) is 8.45. The van der Waals surface area contributed by atoms with Crippen molar-refractivity contribution in [1.29, 1.82) is 0 Å². The Kier molecular flexibility index (Phi) is 10.5. The summed E-state index contributed by atoms with van der Waals surface area (Å²) in [7, 11) is 0. The molecule has 42 heavy (non-hydrogen) atoms. The first-order chi connectivity index (χ1) is 19.9. The molecule has 226 valence electrons. The van der Waals surface area contributed by atoms with Crippen LogP contribution in [0.15, 0.2) is 63.9 Å². The van der Waals surface area contributed by atoms with Crippen LogP contribution in [0.2, 0.25) is 0 Å². The number of carboxylic acids is 2. The third-order valence-electron chi connectivity index (χ3n) is 7.86. The van der Waals surface area contributed by atoms with E-state index in [2.05, 4.69) is 4.90 Å². The first-order valence-corrected chi connectivity index (χ1v) is 14.7. The van der Waals surface area contributed by atoms with Gasteiger partial charge < -0.3 is 20.2 Å². The number of rotatable bonds is 5. The van der Waals surface area contributed by atoms with Gasteiger partial charge in [-0.1, -0.05) is 23.4 Å². The average Bonchev–Trinajstić information content (AvgIpc) is 2.94. The number of hydrogen-bond acceptors (Lipinski definition) is 5. The average molecular weight is 608 g/mol. The normalized spacial score (nSPS) is 20.9. The Balaban J connectivity index is 0.000000446. The van der Waals surface area contributed by atoms with Crippen LogP contribution in [-0.2, 0) is 15.8 Å². The van der Waals surface area contributed by atoms with E-state index in [1.807, 2.05) is 0 Å². The minimum Gasteiger partial charge on any atom is -0.478 e.